The zero-order valence-corrected chi connectivity index (χ0v) is 18.3. The van der Waals surface area contributed by atoms with Crippen molar-refractivity contribution in [3.63, 3.8) is 0 Å². The Balaban J connectivity index is 1.57. The third-order valence-electron chi connectivity index (χ3n) is 5.71. The molecule has 4 aromatic rings. The van der Waals surface area contributed by atoms with Gasteiger partial charge in [-0.15, -0.1) is 13.2 Å². The topological polar surface area (TPSA) is 9.23 Å². The molecule has 0 atom stereocenters. The zero-order valence-electron chi connectivity index (χ0n) is 18.3. The number of hydrogen-bond acceptors (Lipinski definition) is 1. The molecule has 0 saturated heterocycles. The van der Waals surface area contributed by atoms with E-state index in [2.05, 4.69) is 35.9 Å². The van der Waals surface area contributed by atoms with Gasteiger partial charge < -0.3 is 4.74 Å². The minimum Gasteiger partial charge on any atom is -0.406 e. The van der Waals surface area contributed by atoms with Gasteiger partial charge in [-0.05, 0) is 58.7 Å². The zero-order chi connectivity index (χ0) is 23.4. The van der Waals surface area contributed by atoms with Gasteiger partial charge in [0.1, 0.15) is 11.6 Å². The maximum atomic E-state index is 15.2. The molecule has 4 aromatic carbocycles. The predicted octanol–water partition coefficient (Wildman–Crippen LogP) is 8.94. The van der Waals surface area contributed by atoms with Crippen LogP contribution >= 0.6 is 0 Å². The summed E-state index contributed by atoms with van der Waals surface area (Å²) in [4.78, 5) is 0. The van der Waals surface area contributed by atoms with E-state index in [1.165, 1.54) is 49.1 Å². The second kappa shape index (κ2) is 9.65. The molecule has 0 amide bonds. The van der Waals surface area contributed by atoms with Crippen LogP contribution in [0.3, 0.4) is 0 Å². The van der Waals surface area contributed by atoms with E-state index in [0.717, 1.165) is 22.9 Å². The van der Waals surface area contributed by atoms with Crippen molar-refractivity contribution in [3.8, 4) is 28.0 Å². The van der Waals surface area contributed by atoms with E-state index in [-0.39, 0.29) is 5.75 Å². The molecule has 33 heavy (non-hydrogen) atoms. The molecule has 0 heterocycles. The highest BCUT2D eigenvalue weighted by Crippen LogP contribution is 2.33. The van der Waals surface area contributed by atoms with Crippen LogP contribution in [0, 0.1) is 5.82 Å². The van der Waals surface area contributed by atoms with E-state index in [4.69, 9.17) is 0 Å². The molecule has 5 heteroatoms. The number of benzene rings is 4. The second-order valence-corrected chi connectivity index (χ2v) is 8.09. The smallest absolute Gasteiger partial charge is 0.406 e. The quantitative estimate of drug-likeness (QED) is 0.201. The van der Waals surface area contributed by atoms with Crippen molar-refractivity contribution >= 4 is 10.8 Å². The maximum Gasteiger partial charge on any atom is 0.573 e. The lowest BCUT2D eigenvalue weighted by molar-refractivity contribution is -0.274. The summed E-state index contributed by atoms with van der Waals surface area (Å²) in [6.07, 6.45) is -0.0753. The van der Waals surface area contributed by atoms with Crippen LogP contribution in [0.1, 0.15) is 31.7 Å². The van der Waals surface area contributed by atoms with Gasteiger partial charge in [0.2, 0.25) is 0 Å². The monoisotopic (exact) mass is 452 g/mol. The molecule has 0 aliphatic heterocycles. The summed E-state index contributed by atoms with van der Waals surface area (Å²) in [5, 5.41) is 1.22. The first-order valence-electron chi connectivity index (χ1n) is 11.0. The number of alkyl halides is 3. The summed E-state index contributed by atoms with van der Waals surface area (Å²) in [5.41, 5.74) is 4.19. The molecular formula is C28H24F4O. The van der Waals surface area contributed by atoms with Gasteiger partial charge in [0, 0.05) is 10.9 Å². The highest BCUT2D eigenvalue weighted by atomic mass is 19.4. The molecule has 0 saturated carbocycles. The van der Waals surface area contributed by atoms with Crippen molar-refractivity contribution < 1.29 is 22.3 Å². The van der Waals surface area contributed by atoms with Crippen LogP contribution in [0.25, 0.3) is 33.0 Å². The van der Waals surface area contributed by atoms with Crippen LogP contribution < -0.4 is 4.74 Å². The van der Waals surface area contributed by atoms with Crippen molar-refractivity contribution in [2.45, 2.75) is 39.0 Å². The molecule has 0 fully saturated rings. The Labute approximate surface area is 190 Å². The Morgan fingerprint density at radius 3 is 2.06 bits per heavy atom. The fourth-order valence-electron chi connectivity index (χ4n) is 3.97. The number of rotatable bonds is 7. The molecule has 0 unspecified atom stereocenters. The highest BCUT2D eigenvalue weighted by Gasteiger charge is 2.31. The van der Waals surface area contributed by atoms with E-state index in [0.29, 0.717) is 16.5 Å². The Bertz CT molecular complexity index is 1230. The molecule has 0 radical (unpaired) electrons. The first-order chi connectivity index (χ1) is 15.8. The molecule has 0 spiro atoms. The number of hydrogen-bond donors (Lipinski definition) is 0. The largest absolute Gasteiger partial charge is 0.573 e. The van der Waals surface area contributed by atoms with Crippen molar-refractivity contribution in [2.75, 3.05) is 0 Å². The first kappa shape index (κ1) is 22.8. The lowest BCUT2D eigenvalue weighted by Crippen LogP contribution is -2.16. The van der Waals surface area contributed by atoms with Gasteiger partial charge in [0.15, 0.2) is 0 Å². The van der Waals surface area contributed by atoms with Crippen LogP contribution in [-0.2, 0) is 6.42 Å². The fourth-order valence-corrected chi connectivity index (χ4v) is 3.97. The summed E-state index contributed by atoms with van der Waals surface area (Å²) in [6.45, 7) is 2.19. The van der Waals surface area contributed by atoms with Gasteiger partial charge >= 0.3 is 6.36 Å². The van der Waals surface area contributed by atoms with E-state index in [9.17, 15) is 13.2 Å². The van der Waals surface area contributed by atoms with E-state index in [1.54, 1.807) is 12.1 Å². The normalized spacial score (nSPS) is 11.7. The Morgan fingerprint density at radius 2 is 1.39 bits per heavy atom. The van der Waals surface area contributed by atoms with Crippen LogP contribution in [0.5, 0.6) is 5.75 Å². The average Bonchev–Trinajstić information content (AvgIpc) is 2.79. The Kier molecular flexibility index (Phi) is 6.68. The van der Waals surface area contributed by atoms with Gasteiger partial charge in [-0.25, -0.2) is 4.39 Å². The molecule has 0 aliphatic carbocycles. The molecule has 1 nitrogen and oxygen atoms in total. The van der Waals surface area contributed by atoms with Gasteiger partial charge in [-0.2, -0.15) is 0 Å². The van der Waals surface area contributed by atoms with Gasteiger partial charge in [-0.3, -0.25) is 0 Å². The molecule has 0 N–H and O–H groups in total. The van der Waals surface area contributed by atoms with Crippen molar-refractivity contribution in [3.05, 3.63) is 90.2 Å². The molecule has 0 bridgehead atoms. The molecular weight excluding hydrogens is 428 g/mol. The number of unbranched alkanes of at least 4 members (excludes halogenated alkanes) is 2. The number of aryl methyl sites for hydroxylation is 1. The highest BCUT2D eigenvalue weighted by molar-refractivity contribution is 5.91. The third-order valence-corrected chi connectivity index (χ3v) is 5.71. The van der Waals surface area contributed by atoms with Gasteiger partial charge in [-0.1, -0.05) is 80.4 Å². The van der Waals surface area contributed by atoms with E-state index >= 15 is 4.39 Å². The fraction of sp³-hybridized carbons (Fsp3) is 0.214. The molecule has 0 aliphatic rings. The second-order valence-electron chi connectivity index (χ2n) is 8.09. The van der Waals surface area contributed by atoms with Crippen LogP contribution in [0.2, 0.25) is 0 Å². The van der Waals surface area contributed by atoms with Crippen LogP contribution in [0.4, 0.5) is 17.6 Å². The Hall–Kier alpha value is -3.34. The minimum atomic E-state index is -4.76. The standard InChI is InChI=1S/C28H24F4O/c1-2-3-4-5-19-6-8-20(9-7-19)22-12-16-26-23(18-22)13-17-25(27(26)29)21-10-14-24(15-11-21)33-28(30,31)32/h6-18H,2-5H2,1H3. The summed E-state index contributed by atoms with van der Waals surface area (Å²) in [7, 11) is 0. The van der Waals surface area contributed by atoms with Crippen LogP contribution in [0.15, 0.2) is 78.9 Å². The van der Waals surface area contributed by atoms with Gasteiger partial charge in [0.25, 0.3) is 0 Å². The number of ether oxygens (including phenoxy) is 1. The van der Waals surface area contributed by atoms with Crippen LogP contribution in [-0.4, -0.2) is 6.36 Å². The van der Waals surface area contributed by atoms with Crippen molar-refractivity contribution in [1.29, 1.82) is 0 Å². The summed E-state index contributed by atoms with van der Waals surface area (Å²) in [6, 6.07) is 22.8. The minimum absolute atomic E-state index is 0.324. The molecule has 4 rings (SSSR count). The molecule has 170 valence electrons. The molecule has 0 aromatic heterocycles. The average molecular weight is 452 g/mol. The Morgan fingerprint density at radius 1 is 0.727 bits per heavy atom. The van der Waals surface area contributed by atoms with E-state index < -0.39 is 12.2 Å². The van der Waals surface area contributed by atoms with E-state index in [1.807, 2.05) is 18.2 Å². The number of halogens is 4. The number of fused-ring (bicyclic) bond motifs is 1. The van der Waals surface area contributed by atoms with Crippen molar-refractivity contribution in [1.82, 2.24) is 0 Å². The first-order valence-corrected chi connectivity index (χ1v) is 11.0. The summed E-state index contributed by atoms with van der Waals surface area (Å²) >= 11 is 0. The lowest BCUT2D eigenvalue weighted by Gasteiger charge is -2.11. The van der Waals surface area contributed by atoms with Gasteiger partial charge in [0.05, 0.1) is 0 Å². The SMILES string of the molecule is CCCCCc1ccc(-c2ccc3c(F)c(-c4ccc(OC(F)(F)F)cc4)ccc3c2)cc1. The predicted molar refractivity (Wildman–Crippen MR) is 125 cm³/mol. The van der Waals surface area contributed by atoms with Crippen molar-refractivity contribution in [2.24, 2.45) is 0 Å². The maximum absolute atomic E-state index is 15.2. The summed E-state index contributed by atoms with van der Waals surface area (Å²) in [5.74, 6) is -0.747. The third kappa shape index (κ3) is 5.54. The summed E-state index contributed by atoms with van der Waals surface area (Å²) < 4.78 is 56.2. The lowest BCUT2D eigenvalue weighted by atomic mass is 9.96.